The summed E-state index contributed by atoms with van der Waals surface area (Å²) in [6.07, 6.45) is 4.25. The topological polar surface area (TPSA) is 91.8 Å². The van der Waals surface area contributed by atoms with Gasteiger partial charge in [-0.05, 0) is 5.56 Å². The highest BCUT2D eigenvalue weighted by Crippen LogP contribution is 2.41. The van der Waals surface area contributed by atoms with E-state index in [2.05, 4.69) is 21.4 Å². The first kappa shape index (κ1) is 17.2. The highest BCUT2D eigenvalue weighted by Gasteiger charge is 2.24. The van der Waals surface area contributed by atoms with Crippen LogP contribution in [0.15, 0.2) is 83.7 Å². The molecule has 2 heterocycles. The molecule has 1 amide bonds. The maximum absolute atomic E-state index is 12.5. The summed E-state index contributed by atoms with van der Waals surface area (Å²) in [5.74, 6) is 0.0891. The van der Waals surface area contributed by atoms with E-state index >= 15 is 0 Å². The zero-order valence-electron chi connectivity index (χ0n) is 14.7. The smallest absolute Gasteiger partial charge is 0.278 e. The van der Waals surface area contributed by atoms with E-state index in [1.165, 1.54) is 18.6 Å². The molecule has 2 aromatic heterocycles. The molecule has 6 heteroatoms. The molecule has 0 saturated heterocycles. The van der Waals surface area contributed by atoms with Crippen LogP contribution in [-0.4, -0.2) is 15.9 Å². The molecule has 1 N–H and O–H groups in total. The van der Waals surface area contributed by atoms with E-state index in [0.29, 0.717) is 11.3 Å². The van der Waals surface area contributed by atoms with Crippen molar-refractivity contribution in [2.75, 3.05) is 5.32 Å². The molecule has 0 bridgehead atoms. The number of nitriles is 1. The van der Waals surface area contributed by atoms with Crippen molar-refractivity contribution >= 4 is 11.8 Å². The largest absolute Gasteiger partial charge is 0.438 e. The number of aromatic nitrogens is 2. The number of rotatable bonds is 4. The molecule has 0 aliphatic carbocycles. The van der Waals surface area contributed by atoms with E-state index in [9.17, 15) is 10.1 Å². The fourth-order valence-electron chi connectivity index (χ4n) is 2.88. The van der Waals surface area contributed by atoms with Gasteiger partial charge >= 0.3 is 0 Å². The highest BCUT2D eigenvalue weighted by atomic mass is 16.4. The fourth-order valence-corrected chi connectivity index (χ4v) is 2.88. The van der Waals surface area contributed by atoms with Crippen molar-refractivity contribution in [3.63, 3.8) is 0 Å². The van der Waals surface area contributed by atoms with Crippen LogP contribution in [0.5, 0.6) is 0 Å². The molecule has 4 aromatic rings. The Labute approximate surface area is 161 Å². The predicted octanol–water partition coefficient (Wildman–Crippen LogP) is 4.53. The van der Waals surface area contributed by atoms with Gasteiger partial charge in [0, 0.05) is 23.5 Å². The standard InChI is InChI=1S/C22H14N4O2/c23-13-17-19(15-7-3-1-4-8-15)20(16-9-5-2-6-10-16)28-22(17)26-21(27)18-14-24-11-12-25-18/h1-12,14H,(H,26,27). The average Bonchev–Trinajstić information content (AvgIpc) is 3.13. The summed E-state index contributed by atoms with van der Waals surface area (Å²) in [6, 6.07) is 21.1. The van der Waals surface area contributed by atoms with Gasteiger partial charge in [0.2, 0.25) is 5.88 Å². The molecule has 0 atom stereocenters. The molecule has 6 nitrogen and oxygen atoms in total. The lowest BCUT2D eigenvalue weighted by Gasteiger charge is -2.03. The summed E-state index contributed by atoms with van der Waals surface area (Å²) in [5.41, 5.74) is 2.64. The van der Waals surface area contributed by atoms with Gasteiger partial charge in [-0.3, -0.25) is 15.1 Å². The fraction of sp³-hybridized carbons (Fsp3) is 0. The Morgan fingerprint density at radius 3 is 2.25 bits per heavy atom. The van der Waals surface area contributed by atoms with Gasteiger partial charge in [-0.2, -0.15) is 5.26 Å². The van der Waals surface area contributed by atoms with Gasteiger partial charge in [-0.25, -0.2) is 4.98 Å². The molecule has 0 unspecified atom stereocenters. The molecule has 28 heavy (non-hydrogen) atoms. The molecule has 0 aliphatic rings. The first-order valence-corrected chi connectivity index (χ1v) is 8.53. The van der Waals surface area contributed by atoms with E-state index in [0.717, 1.165) is 11.1 Å². The summed E-state index contributed by atoms with van der Waals surface area (Å²) < 4.78 is 5.97. The van der Waals surface area contributed by atoms with Crippen LogP contribution in [0.4, 0.5) is 5.88 Å². The molecule has 2 aromatic carbocycles. The molecule has 0 spiro atoms. The molecule has 4 rings (SSSR count). The minimum Gasteiger partial charge on any atom is -0.438 e. The molecule has 134 valence electrons. The third kappa shape index (κ3) is 3.24. The van der Waals surface area contributed by atoms with Crippen LogP contribution in [0.3, 0.4) is 0 Å². The molecule has 0 saturated carbocycles. The van der Waals surface area contributed by atoms with Crippen LogP contribution in [0.25, 0.3) is 22.5 Å². The number of furan rings is 1. The van der Waals surface area contributed by atoms with Crippen LogP contribution >= 0.6 is 0 Å². The third-order valence-corrected chi connectivity index (χ3v) is 4.14. The van der Waals surface area contributed by atoms with Crippen molar-refractivity contribution in [3.05, 3.63) is 90.5 Å². The minimum atomic E-state index is -0.502. The van der Waals surface area contributed by atoms with Gasteiger partial charge in [0.1, 0.15) is 23.1 Å². The molecular formula is C22H14N4O2. The van der Waals surface area contributed by atoms with Crippen molar-refractivity contribution < 1.29 is 9.21 Å². The maximum Gasteiger partial charge on any atom is 0.278 e. The summed E-state index contributed by atoms with van der Waals surface area (Å²) in [7, 11) is 0. The van der Waals surface area contributed by atoms with Gasteiger partial charge in [0.25, 0.3) is 5.91 Å². The van der Waals surface area contributed by atoms with Gasteiger partial charge in [-0.1, -0.05) is 60.7 Å². The zero-order valence-corrected chi connectivity index (χ0v) is 14.7. The predicted molar refractivity (Wildman–Crippen MR) is 104 cm³/mol. The van der Waals surface area contributed by atoms with Crippen molar-refractivity contribution in [3.8, 4) is 28.5 Å². The summed E-state index contributed by atoms with van der Waals surface area (Å²) >= 11 is 0. The minimum absolute atomic E-state index is 0.0795. The number of carbonyl (C=O) groups is 1. The summed E-state index contributed by atoms with van der Waals surface area (Å²) in [5, 5.41) is 12.5. The van der Waals surface area contributed by atoms with Gasteiger partial charge in [0.05, 0.1) is 6.20 Å². The van der Waals surface area contributed by atoms with E-state index < -0.39 is 5.91 Å². The third-order valence-electron chi connectivity index (χ3n) is 4.14. The van der Waals surface area contributed by atoms with Crippen molar-refractivity contribution in [1.82, 2.24) is 9.97 Å². The maximum atomic E-state index is 12.5. The number of amides is 1. The van der Waals surface area contributed by atoms with Gasteiger partial charge in [0.15, 0.2) is 0 Å². The lowest BCUT2D eigenvalue weighted by molar-refractivity contribution is 0.101. The van der Waals surface area contributed by atoms with Crippen LogP contribution in [0.2, 0.25) is 0 Å². The Hall–Kier alpha value is -4.24. The first-order chi connectivity index (χ1) is 13.8. The SMILES string of the molecule is N#Cc1c(NC(=O)c2cnccn2)oc(-c2ccccc2)c1-c1ccccc1. The number of nitrogens with one attached hydrogen (secondary N) is 1. The number of carbonyl (C=O) groups excluding carboxylic acids is 1. The first-order valence-electron chi connectivity index (χ1n) is 8.53. The van der Waals surface area contributed by atoms with Crippen molar-refractivity contribution in [2.45, 2.75) is 0 Å². The van der Waals surface area contributed by atoms with Crippen LogP contribution in [-0.2, 0) is 0 Å². The monoisotopic (exact) mass is 366 g/mol. The zero-order chi connectivity index (χ0) is 19.3. The second-order valence-corrected chi connectivity index (χ2v) is 5.90. The number of anilines is 1. The molecule has 0 aliphatic heterocycles. The van der Waals surface area contributed by atoms with E-state index in [1.807, 2.05) is 60.7 Å². The number of hydrogen-bond donors (Lipinski definition) is 1. The van der Waals surface area contributed by atoms with E-state index in [1.54, 1.807) is 0 Å². The lowest BCUT2D eigenvalue weighted by atomic mass is 9.98. The van der Waals surface area contributed by atoms with E-state index in [4.69, 9.17) is 4.42 Å². The van der Waals surface area contributed by atoms with Gasteiger partial charge < -0.3 is 4.42 Å². The average molecular weight is 366 g/mol. The summed E-state index contributed by atoms with van der Waals surface area (Å²) in [4.78, 5) is 20.4. The Bertz CT molecular complexity index is 1150. The number of hydrogen-bond acceptors (Lipinski definition) is 5. The highest BCUT2D eigenvalue weighted by molar-refractivity contribution is 6.04. The second-order valence-electron chi connectivity index (χ2n) is 5.90. The van der Waals surface area contributed by atoms with Crippen molar-refractivity contribution in [2.24, 2.45) is 0 Å². The summed E-state index contributed by atoms with van der Waals surface area (Å²) in [6.45, 7) is 0. The lowest BCUT2D eigenvalue weighted by Crippen LogP contribution is -2.14. The number of nitrogens with zero attached hydrogens (tertiary/aromatic N) is 3. The molecule has 0 radical (unpaired) electrons. The quantitative estimate of drug-likeness (QED) is 0.573. The normalized spacial score (nSPS) is 10.2. The number of benzene rings is 2. The Morgan fingerprint density at radius 1 is 0.964 bits per heavy atom. The van der Waals surface area contributed by atoms with Gasteiger partial charge in [-0.15, -0.1) is 0 Å². The molecule has 0 fully saturated rings. The Morgan fingerprint density at radius 2 is 1.64 bits per heavy atom. The Kier molecular flexibility index (Phi) is 4.64. The van der Waals surface area contributed by atoms with Crippen LogP contribution in [0, 0.1) is 11.3 Å². The second kappa shape index (κ2) is 7.56. The Balaban J connectivity index is 1.85. The molecular weight excluding hydrogens is 352 g/mol. The van der Waals surface area contributed by atoms with Crippen molar-refractivity contribution in [1.29, 1.82) is 5.26 Å². The van der Waals surface area contributed by atoms with Crippen LogP contribution < -0.4 is 5.32 Å². The van der Waals surface area contributed by atoms with Crippen LogP contribution in [0.1, 0.15) is 16.1 Å². The van der Waals surface area contributed by atoms with E-state index in [-0.39, 0.29) is 17.1 Å².